The first kappa shape index (κ1) is 13.0. The van der Waals surface area contributed by atoms with Gasteiger partial charge in [-0.05, 0) is 54.7 Å². The number of piperidine rings is 1. The fourth-order valence-corrected chi connectivity index (χ4v) is 3.06. The summed E-state index contributed by atoms with van der Waals surface area (Å²) in [5.41, 5.74) is 8.74. The summed E-state index contributed by atoms with van der Waals surface area (Å²) >= 11 is 1.79. The Hall–Kier alpha value is -0.420. The molecule has 1 aliphatic heterocycles. The van der Waals surface area contributed by atoms with Gasteiger partial charge in [-0.2, -0.15) is 11.3 Å². The molecule has 0 atom stereocenters. The van der Waals surface area contributed by atoms with Crippen molar-refractivity contribution in [3.8, 4) is 0 Å². The molecule has 2 rings (SSSR count). The van der Waals surface area contributed by atoms with Gasteiger partial charge in [0, 0.05) is 25.7 Å². The van der Waals surface area contributed by atoms with Gasteiger partial charge in [-0.25, -0.2) is 0 Å². The third-order valence-corrected chi connectivity index (χ3v) is 4.42. The molecule has 1 saturated heterocycles. The average molecular weight is 253 g/mol. The second-order valence-corrected chi connectivity index (χ2v) is 5.68. The molecule has 2 heterocycles. The van der Waals surface area contributed by atoms with Crippen LogP contribution in [-0.4, -0.2) is 37.1 Å². The van der Waals surface area contributed by atoms with Crippen LogP contribution in [-0.2, 0) is 6.54 Å². The van der Waals surface area contributed by atoms with Gasteiger partial charge in [-0.3, -0.25) is 0 Å². The molecule has 4 heteroatoms. The zero-order valence-electron chi connectivity index (χ0n) is 10.6. The maximum Gasteiger partial charge on any atom is 0.0216 e. The molecular formula is C13H23N3S. The Kier molecular flexibility index (Phi) is 4.98. The number of nitrogens with zero attached hydrogens (tertiary/aromatic N) is 1. The van der Waals surface area contributed by atoms with Gasteiger partial charge < -0.3 is 16.0 Å². The number of aryl methyl sites for hydroxylation is 1. The molecule has 17 heavy (non-hydrogen) atoms. The largest absolute Gasteiger partial charge is 0.328 e. The highest BCUT2D eigenvalue weighted by atomic mass is 32.1. The van der Waals surface area contributed by atoms with Crippen molar-refractivity contribution in [2.45, 2.75) is 32.4 Å². The molecule has 0 spiro atoms. The van der Waals surface area contributed by atoms with E-state index in [1.807, 2.05) is 0 Å². The van der Waals surface area contributed by atoms with E-state index in [1.165, 1.54) is 24.2 Å². The van der Waals surface area contributed by atoms with Crippen molar-refractivity contribution in [2.75, 3.05) is 26.2 Å². The minimum atomic E-state index is 0.438. The molecular weight excluding hydrogens is 230 g/mol. The van der Waals surface area contributed by atoms with E-state index in [-0.39, 0.29) is 0 Å². The summed E-state index contributed by atoms with van der Waals surface area (Å²) in [6.45, 7) is 7.74. The van der Waals surface area contributed by atoms with Gasteiger partial charge >= 0.3 is 0 Å². The van der Waals surface area contributed by atoms with Gasteiger partial charge in [0.1, 0.15) is 0 Å². The van der Waals surface area contributed by atoms with Crippen LogP contribution in [0.4, 0.5) is 0 Å². The fraction of sp³-hybridized carbons (Fsp3) is 0.692. The van der Waals surface area contributed by atoms with Crippen LogP contribution >= 0.6 is 11.3 Å². The quantitative estimate of drug-likeness (QED) is 0.783. The summed E-state index contributed by atoms with van der Waals surface area (Å²) in [7, 11) is 0. The number of thiophene rings is 1. The smallest absolute Gasteiger partial charge is 0.0216 e. The average Bonchev–Trinajstić information content (AvgIpc) is 2.73. The van der Waals surface area contributed by atoms with Crippen molar-refractivity contribution >= 4 is 11.3 Å². The van der Waals surface area contributed by atoms with Crippen LogP contribution in [0.15, 0.2) is 10.8 Å². The lowest BCUT2D eigenvalue weighted by atomic mass is 10.1. The monoisotopic (exact) mass is 253 g/mol. The molecule has 0 radical (unpaired) electrons. The molecule has 0 saturated carbocycles. The highest BCUT2D eigenvalue weighted by Crippen LogP contribution is 2.13. The van der Waals surface area contributed by atoms with Crippen molar-refractivity contribution in [3.05, 3.63) is 21.9 Å². The molecule has 0 aromatic carbocycles. The van der Waals surface area contributed by atoms with Gasteiger partial charge in [0.25, 0.3) is 0 Å². The summed E-state index contributed by atoms with van der Waals surface area (Å²) in [5, 5.41) is 7.97. The minimum Gasteiger partial charge on any atom is -0.328 e. The maximum absolute atomic E-state index is 5.89. The fourth-order valence-electron chi connectivity index (χ4n) is 2.20. The zero-order chi connectivity index (χ0) is 12.1. The van der Waals surface area contributed by atoms with Crippen LogP contribution in [0.25, 0.3) is 0 Å². The number of likely N-dealkylation sites (tertiary alicyclic amines) is 1. The molecule has 0 bridgehead atoms. The second kappa shape index (κ2) is 6.50. The van der Waals surface area contributed by atoms with Crippen LogP contribution in [0.3, 0.4) is 0 Å². The van der Waals surface area contributed by atoms with Crippen molar-refractivity contribution in [2.24, 2.45) is 5.73 Å². The lowest BCUT2D eigenvalue weighted by Crippen LogP contribution is -2.42. The molecule has 1 aromatic heterocycles. The zero-order valence-corrected chi connectivity index (χ0v) is 11.4. The van der Waals surface area contributed by atoms with Crippen molar-refractivity contribution in [3.63, 3.8) is 0 Å². The van der Waals surface area contributed by atoms with E-state index in [0.717, 1.165) is 32.5 Å². The van der Waals surface area contributed by atoms with E-state index in [2.05, 4.69) is 27.9 Å². The van der Waals surface area contributed by atoms with E-state index < -0.39 is 0 Å². The summed E-state index contributed by atoms with van der Waals surface area (Å²) in [6.07, 6.45) is 2.31. The predicted molar refractivity (Wildman–Crippen MR) is 74.4 cm³/mol. The topological polar surface area (TPSA) is 41.3 Å². The summed E-state index contributed by atoms with van der Waals surface area (Å²) in [5.74, 6) is 0. The summed E-state index contributed by atoms with van der Waals surface area (Å²) < 4.78 is 0. The number of hydrogen-bond acceptors (Lipinski definition) is 4. The normalized spacial score (nSPS) is 18.7. The Morgan fingerprint density at radius 1 is 1.41 bits per heavy atom. The highest BCUT2D eigenvalue weighted by Gasteiger charge is 2.14. The molecule has 96 valence electrons. The lowest BCUT2D eigenvalue weighted by Gasteiger charge is -2.30. The van der Waals surface area contributed by atoms with Gasteiger partial charge in [-0.1, -0.05) is 0 Å². The number of rotatable bonds is 5. The second-order valence-electron chi connectivity index (χ2n) is 4.94. The van der Waals surface area contributed by atoms with Crippen molar-refractivity contribution < 1.29 is 0 Å². The van der Waals surface area contributed by atoms with E-state index >= 15 is 0 Å². The first-order valence-corrected chi connectivity index (χ1v) is 7.40. The van der Waals surface area contributed by atoms with Gasteiger partial charge in [-0.15, -0.1) is 0 Å². The van der Waals surface area contributed by atoms with E-state index in [0.29, 0.717) is 6.04 Å². The first-order chi connectivity index (χ1) is 8.25. The van der Waals surface area contributed by atoms with Crippen LogP contribution in [0.5, 0.6) is 0 Å². The highest BCUT2D eigenvalue weighted by molar-refractivity contribution is 7.08. The third kappa shape index (κ3) is 4.07. The van der Waals surface area contributed by atoms with Crippen molar-refractivity contribution in [1.29, 1.82) is 0 Å². The Balaban J connectivity index is 1.59. The predicted octanol–water partition coefficient (Wildman–Crippen LogP) is 1.57. The third-order valence-electron chi connectivity index (χ3n) is 3.51. The Morgan fingerprint density at radius 2 is 2.18 bits per heavy atom. The van der Waals surface area contributed by atoms with Gasteiger partial charge in [0.2, 0.25) is 0 Å². The maximum atomic E-state index is 5.89. The Bertz CT molecular complexity index is 329. The molecule has 1 aromatic rings. The Labute approximate surface area is 108 Å². The van der Waals surface area contributed by atoms with E-state index in [4.69, 9.17) is 5.73 Å². The van der Waals surface area contributed by atoms with Crippen molar-refractivity contribution in [1.82, 2.24) is 10.2 Å². The molecule has 3 nitrogen and oxygen atoms in total. The van der Waals surface area contributed by atoms with Crippen LogP contribution in [0.2, 0.25) is 0 Å². The standard InChI is InChI=1S/C13H23N3S/c1-11-9-17-10-12(11)8-15-4-7-16-5-2-13(14)3-6-16/h9-10,13,15H,2-8,14H2,1H3. The van der Waals surface area contributed by atoms with Gasteiger partial charge in [0.15, 0.2) is 0 Å². The van der Waals surface area contributed by atoms with Crippen LogP contribution < -0.4 is 11.1 Å². The first-order valence-electron chi connectivity index (χ1n) is 6.46. The summed E-state index contributed by atoms with van der Waals surface area (Å²) in [4.78, 5) is 2.51. The van der Waals surface area contributed by atoms with E-state index in [1.54, 1.807) is 11.3 Å². The number of hydrogen-bond donors (Lipinski definition) is 2. The number of nitrogens with one attached hydrogen (secondary N) is 1. The Morgan fingerprint density at radius 3 is 2.82 bits per heavy atom. The molecule has 1 aliphatic rings. The molecule has 3 N–H and O–H groups in total. The SMILES string of the molecule is Cc1cscc1CNCCN1CCC(N)CC1. The molecule has 0 unspecified atom stereocenters. The van der Waals surface area contributed by atoms with Crippen LogP contribution in [0.1, 0.15) is 24.0 Å². The molecule has 0 aliphatic carbocycles. The minimum absolute atomic E-state index is 0.438. The lowest BCUT2D eigenvalue weighted by molar-refractivity contribution is 0.213. The van der Waals surface area contributed by atoms with Crippen LogP contribution in [0, 0.1) is 6.92 Å². The van der Waals surface area contributed by atoms with Gasteiger partial charge in [0.05, 0.1) is 0 Å². The molecule has 0 amide bonds. The number of nitrogens with two attached hydrogens (primary N) is 1. The molecule has 1 fully saturated rings. The summed E-state index contributed by atoms with van der Waals surface area (Å²) in [6, 6.07) is 0.438. The van der Waals surface area contributed by atoms with E-state index in [9.17, 15) is 0 Å².